The lowest BCUT2D eigenvalue weighted by Gasteiger charge is -2.29. The molecular formula is C13H18BrFN2O3. The van der Waals surface area contributed by atoms with Gasteiger partial charge in [-0.1, -0.05) is 0 Å². The van der Waals surface area contributed by atoms with Crippen molar-refractivity contribution in [3.8, 4) is 0 Å². The lowest BCUT2D eigenvalue weighted by molar-refractivity contribution is 0.104. The average molecular weight is 349 g/mol. The summed E-state index contributed by atoms with van der Waals surface area (Å²) in [5, 5.41) is 14.3. The Labute approximate surface area is 125 Å². The molecule has 0 aliphatic rings. The van der Waals surface area contributed by atoms with Crippen molar-refractivity contribution in [1.29, 1.82) is 0 Å². The molecule has 5 nitrogen and oxygen atoms in total. The smallest absolute Gasteiger partial charge is 0.319 e. The zero-order valence-electron chi connectivity index (χ0n) is 11.4. The second-order valence-electron chi connectivity index (χ2n) is 4.68. The summed E-state index contributed by atoms with van der Waals surface area (Å²) in [5.74, 6) is -0.460. The van der Waals surface area contributed by atoms with Crippen LogP contribution in [0.15, 0.2) is 22.7 Å². The predicted molar refractivity (Wildman–Crippen MR) is 78.2 cm³/mol. The molecule has 0 saturated carbocycles. The molecule has 0 heterocycles. The number of nitrogens with one attached hydrogen (secondary N) is 2. The number of urea groups is 1. The Morgan fingerprint density at radius 3 is 2.80 bits per heavy atom. The average Bonchev–Trinajstić information content (AvgIpc) is 2.34. The van der Waals surface area contributed by atoms with Crippen molar-refractivity contribution in [2.45, 2.75) is 18.9 Å². The minimum absolute atomic E-state index is 0.0763. The van der Waals surface area contributed by atoms with E-state index in [1.165, 1.54) is 19.2 Å². The van der Waals surface area contributed by atoms with E-state index >= 15 is 0 Å². The number of rotatable bonds is 6. The van der Waals surface area contributed by atoms with Gasteiger partial charge in [0.05, 0.1) is 16.6 Å². The molecule has 0 saturated heterocycles. The number of halogens is 2. The Morgan fingerprint density at radius 2 is 2.25 bits per heavy atom. The van der Waals surface area contributed by atoms with E-state index in [1.54, 1.807) is 13.0 Å². The summed E-state index contributed by atoms with van der Waals surface area (Å²) in [7, 11) is 1.51. The third-order valence-electron chi connectivity index (χ3n) is 2.72. The number of methoxy groups -OCH3 is 1. The van der Waals surface area contributed by atoms with Crippen molar-refractivity contribution in [2.75, 3.05) is 25.6 Å². The summed E-state index contributed by atoms with van der Waals surface area (Å²) < 4.78 is 18.7. The van der Waals surface area contributed by atoms with Crippen LogP contribution in [0.3, 0.4) is 0 Å². The molecule has 1 atom stereocenters. The van der Waals surface area contributed by atoms with Crippen LogP contribution >= 0.6 is 15.9 Å². The number of anilines is 1. The number of benzene rings is 1. The Morgan fingerprint density at radius 1 is 1.55 bits per heavy atom. The molecule has 1 unspecified atom stereocenters. The van der Waals surface area contributed by atoms with Gasteiger partial charge in [0.1, 0.15) is 5.82 Å². The van der Waals surface area contributed by atoms with Crippen LogP contribution in [-0.2, 0) is 4.74 Å². The number of aliphatic hydroxyl groups excluding tert-OH is 1. The normalized spacial score (nSPS) is 13.7. The van der Waals surface area contributed by atoms with Crippen LogP contribution in [0, 0.1) is 5.82 Å². The monoisotopic (exact) mass is 348 g/mol. The summed E-state index contributed by atoms with van der Waals surface area (Å²) >= 11 is 3.04. The van der Waals surface area contributed by atoms with Crippen molar-refractivity contribution in [3.05, 3.63) is 28.5 Å². The first-order chi connectivity index (χ1) is 9.40. The van der Waals surface area contributed by atoms with E-state index in [9.17, 15) is 9.18 Å². The summed E-state index contributed by atoms with van der Waals surface area (Å²) in [6.07, 6.45) is 0.350. The highest BCUT2D eigenvalue weighted by atomic mass is 79.9. The van der Waals surface area contributed by atoms with E-state index < -0.39 is 17.4 Å². The van der Waals surface area contributed by atoms with Crippen LogP contribution in [0.5, 0.6) is 0 Å². The highest BCUT2D eigenvalue weighted by molar-refractivity contribution is 9.10. The van der Waals surface area contributed by atoms with Crippen LogP contribution in [0.2, 0.25) is 0 Å². The third kappa shape index (κ3) is 5.07. The lowest BCUT2D eigenvalue weighted by Crippen LogP contribution is -2.51. The number of amides is 2. The van der Waals surface area contributed by atoms with E-state index in [-0.39, 0.29) is 13.2 Å². The van der Waals surface area contributed by atoms with Crippen LogP contribution in [0.4, 0.5) is 14.9 Å². The first kappa shape index (κ1) is 16.9. The molecule has 20 heavy (non-hydrogen) atoms. The zero-order valence-corrected chi connectivity index (χ0v) is 13.0. The summed E-state index contributed by atoms with van der Waals surface area (Å²) in [6.45, 7) is 1.94. The predicted octanol–water partition coefficient (Wildman–Crippen LogP) is 2.50. The van der Waals surface area contributed by atoms with Gasteiger partial charge >= 0.3 is 6.03 Å². The van der Waals surface area contributed by atoms with Gasteiger partial charge < -0.3 is 20.5 Å². The van der Waals surface area contributed by atoms with Crippen molar-refractivity contribution in [3.63, 3.8) is 0 Å². The SMILES string of the molecule is COCC(C)(CCO)NC(=O)Nc1ccc(Br)c(F)c1. The van der Waals surface area contributed by atoms with Gasteiger partial charge in [0.15, 0.2) is 0 Å². The Bertz CT molecular complexity index is 465. The number of hydrogen-bond acceptors (Lipinski definition) is 3. The number of carbonyl (C=O) groups is 1. The van der Waals surface area contributed by atoms with Crippen LogP contribution in [0.25, 0.3) is 0 Å². The van der Waals surface area contributed by atoms with Crippen molar-refractivity contribution in [2.24, 2.45) is 0 Å². The Kier molecular flexibility index (Phi) is 6.38. The number of carbonyl (C=O) groups excluding carboxylic acids is 1. The molecule has 0 aromatic heterocycles. The van der Waals surface area contributed by atoms with E-state index in [0.717, 1.165) is 0 Å². The fourth-order valence-electron chi connectivity index (χ4n) is 1.75. The van der Waals surface area contributed by atoms with Crippen LogP contribution in [-0.4, -0.2) is 37.0 Å². The highest BCUT2D eigenvalue weighted by Gasteiger charge is 2.25. The largest absolute Gasteiger partial charge is 0.396 e. The maximum absolute atomic E-state index is 13.3. The number of hydrogen-bond donors (Lipinski definition) is 3. The van der Waals surface area contributed by atoms with Gasteiger partial charge in [-0.25, -0.2) is 9.18 Å². The molecule has 0 fully saturated rings. The van der Waals surface area contributed by atoms with Gasteiger partial charge in [-0.3, -0.25) is 0 Å². The van der Waals surface area contributed by atoms with Gasteiger partial charge in [-0.05, 0) is 47.5 Å². The van der Waals surface area contributed by atoms with Gasteiger partial charge in [0, 0.05) is 19.4 Å². The standard InChI is InChI=1S/C13H18BrFN2O3/c1-13(5-6-18,8-20-2)17-12(19)16-9-3-4-10(14)11(15)7-9/h3-4,7,18H,5-6,8H2,1-2H3,(H2,16,17,19). The zero-order chi connectivity index (χ0) is 15.2. The molecule has 0 bridgehead atoms. The van der Waals surface area contributed by atoms with Crippen molar-refractivity contribution >= 4 is 27.6 Å². The minimum atomic E-state index is -0.693. The Balaban J connectivity index is 2.67. The van der Waals surface area contributed by atoms with Gasteiger partial charge in [-0.2, -0.15) is 0 Å². The quantitative estimate of drug-likeness (QED) is 0.739. The summed E-state index contributed by atoms with van der Waals surface area (Å²) in [5.41, 5.74) is -0.353. The highest BCUT2D eigenvalue weighted by Crippen LogP contribution is 2.19. The van der Waals surface area contributed by atoms with Gasteiger partial charge in [0.25, 0.3) is 0 Å². The molecule has 7 heteroatoms. The molecule has 0 aliphatic carbocycles. The first-order valence-electron chi connectivity index (χ1n) is 6.04. The number of ether oxygens (including phenoxy) is 1. The Hall–Kier alpha value is -1.18. The minimum Gasteiger partial charge on any atom is -0.396 e. The van der Waals surface area contributed by atoms with Gasteiger partial charge in [-0.15, -0.1) is 0 Å². The molecule has 2 amide bonds. The molecule has 1 rings (SSSR count). The van der Waals surface area contributed by atoms with Crippen molar-refractivity contribution < 1.29 is 19.0 Å². The summed E-state index contributed by atoms with van der Waals surface area (Å²) in [6, 6.07) is 3.81. The van der Waals surface area contributed by atoms with Crippen LogP contribution in [0.1, 0.15) is 13.3 Å². The van der Waals surface area contributed by atoms with Crippen molar-refractivity contribution in [1.82, 2.24) is 5.32 Å². The van der Waals surface area contributed by atoms with Gasteiger partial charge in [0.2, 0.25) is 0 Å². The molecule has 1 aromatic carbocycles. The molecule has 3 N–H and O–H groups in total. The maximum atomic E-state index is 13.3. The molecule has 112 valence electrons. The van der Waals surface area contributed by atoms with E-state index in [2.05, 4.69) is 26.6 Å². The fourth-order valence-corrected chi connectivity index (χ4v) is 1.99. The van der Waals surface area contributed by atoms with E-state index in [4.69, 9.17) is 9.84 Å². The third-order valence-corrected chi connectivity index (χ3v) is 3.36. The second kappa shape index (κ2) is 7.56. The molecule has 0 aliphatic heterocycles. The topological polar surface area (TPSA) is 70.6 Å². The second-order valence-corrected chi connectivity index (χ2v) is 5.53. The fraction of sp³-hybridized carbons (Fsp3) is 0.462. The van der Waals surface area contributed by atoms with E-state index in [1.807, 2.05) is 0 Å². The summed E-state index contributed by atoms with van der Waals surface area (Å²) in [4.78, 5) is 11.9. The maximum Gasteiger partial charge on any atom is 0.319 e. The number of aliphatic hydroxyl groups is 1. The molecule has 1 aromatic rings. The molecule has 0 radical (unpaired) electrons. The molecular weight excluding hydrogens is 331 g/mol. The lowest BCUT2D eigenvalue weighted by atomic mass is 10.00. The van der Waals surface area contributed by atoms with E-state index in [0.29, 0.717) is 16.6 Å². The first-order valence-corrected chi connectivity index (χ1v) is 6.83. The molecule has 0 spiro atoms. The van der Waals surface area contributed by atoms with Crippen LogP contribution < -0.4 is 10.6 Å².